The van der Waals surface area contributed by atoms with Crippen LogP contribution in [0.25, 0.3) is 0 Å². The van der Waals surface area contributed by atoms with Gasteiger partial charge < -0.3 is 9.88 Å². The van der Waals surface area contributed by atoms with E-state index in [0.29, 0.717) is 6.04 Å². The third-order valence-corrected chi connectivity index (χ3v) is 2.16. The highest BCUT2D eigenvalue weighted by Gasteiger charge is 2.12. The molecule has 3 heteroatoms. The summed E-state index contributed by atoms with van der Waals surface area (Å²) in [6.07, 6.45) is 4.52. The van der Waals surface area contributed by atoms with E-state index in [4.69, 9.17) is 0 Å². The van der Waals surface area contributed by atoms with Crippen LogP contribution in [-0.4, -0.2) is 35.0 Å². The van der Waals surface area contributed by atoms with Gasteiger partial charge in [-0.05, 0) is 21.0 Å². The van der Waals surface area contributed by atoms with Gasteiger partial charge in [-0.3, -0.25) is 0 Å². The summed E-state index contributed by atoms with van der Waals surface area (Å²) in [6.45, 7) is 6.04. The van der Waals surface area contributed by atoms with Crippen molar-refractivity contribution in [2.24, 2.45) is 0 Å². The van der Waals surface area contributed by atoms with Gasteiger partial charge in [0, 0.05) is 24.4 Å². The largest absolute Gasteiger partial charge is 0.348 e. The number of hydrogen-bond acceptors (Lipinski definition) is 2. The highest BCUT2D eigenvalue weighted by Crippen LogP contribution is 2.10. The van der Waals surface area contributed by atoms with Crippen molar-refractivity contribution in [1.29, 1.82) is 0 Å². The Balaban J connectivity index is 2.63. The molecule has 0 fully saturated rings. The minimum atomic E-state index is 0.389. The average molecular weight is 179 g/mol. The molecule has 0 amide bonds. The maximum atomic E-state index is 3.99. The van der Waals surface area contributed by atoms with Crippen molar-refractivity contribution in [3.63, 3.8) is 0 Å². The number of H-pyrrole nitrogens is 1. The van der Waals surface area contributed by atoms with E-state index in [1.165, 1.54) is 5.57 Å². The zero-order chi connectivity index (χ0) is 9.84. The van der Waals surface area contributed by atoms with Crippen molar-refractivity contribution in [2.45, 2.75) is 19.4 Å². The molecule has 0 aromatic carbocycles. The lowest BCUT2D eigenvalue weighted by atomic mass is 10.0. The minimum absolute atomic E-state index is 0.389. The Labute approximate surface area is 79.5 Å². The summed E-state index contributed by atoms with van der Waals surface area (Å²) in [7, 11) is 4.13. The highest BCUT2D eigenvalue weighted by molar-refractivity contribution is 5.08. The van der Waals surface area contributed by atoms with Crippen molar-refractivity contribution in [1.82, 2.24) is 14.9 Å². The summed E-state index contributed by atoms with van der Waals surface area (Å²) in [5, 5.41) is 0. The van der Waals surface area contributed by atoms with E-state index >= 15 is 0 Å². The maximum Gasteiger partial charge on any atom is 0.0921 e. The van der Waals surface area contributed by atoms with Crippen molar-refractivity contribution < 1.29 is 0 Å². The second kappa shape index (κ2) is 4.23. The molecule has 3 nitrogen and oxygen atoms in total. The summed E-state index contributed by atoms with van der Waals surface area (Å²) in [4.78, 5) is 9.26. The first-order chi connectivity index (χ1) is 6.11. The zero-order valence-electron chi connectivity index (χ0n) is 8.54. The molecule has 0 saturated heterocycles. The monoisotopic (exact) mass is 179 g/mol. The normalized spacial score (nSPS) is 13.2. The predicted molar refractivity (Wildman–Crippen MR) is 54.6 cm³/mol. The molecular formula is C10H17N3. The summed E-state index contributed by atoms with van der Waals surface area (Å²) in [5.74, 6) is 0. The van der Waals surface area contributed by atoms with Crippen LogP contribution in [0.2, 0.25) is 0 Å². The van der Waals surface area contributed by atoms with Crippen LogP contribution < -0.4 is 0 Å². The van der Waals surface area contributed by atoms with Crippen LogP contribution in [0.1, 0.15) is 12.6 Å². The van der Waals surface area contributed by atoms with Gasteiger partial charge in [0.2, 0.25) is 0 Å². The van der Waals surface area contributed by atoms with Crippen LogP contribution in [0, 0.1) is 0 Å². The van der Waals surface area contributed by atoms with Crippen LogP contribution in [0.5, 0.6) is 0 Å². The van der Waals surface area contributed by atoms with Gasteiger partial charge in [0.25, 0.3) is 0 Å². The number of rotatable bonds is 4. The summed E-state index contributed by atoms with van der Waals surface area (Å²) < 4.78 is 0. The van der Waals surface area contributed by atoms with E-state index in [-0.39, 0.29) is 0 Å². The molecule has 1 N–H and O–H groups in total. The maximum absolute atomic E-state index is 3.99. The third kappa shape index (κ3) is 2.70. The Kier molecular flexibility index (Phi) is 3.25. The molecule has 0 aliphatic rings. The van der Waals surface area contributed by atoms with Gasteiger partial charge in [-0.1, -0.05) is 12.2 Å². The van der Waals surface area contributed by atoms with Crippen molar-refractivity contribution in [3.05, 3.63) is 30.4 Å². The number of nitrogens with zero attached hydrogens (tertiary/aromatic N) is 2. The zero-order valence-corrected chi connectivity index (χ0v) is 8.54. The lowest BCUT2D eigenvalue weighted by molar-refractivity contribution is 0.327. The highest BCUT2D eigenvalue weighted by atomic mass is 15.1. The lowest BCUT2D eigenvalue weighted by Gasteiger charge is -2.23. The Morgan fingerprint density at radius 1 is 1.69 bits per heavy atom. The Hall–Kier alpha value is -1.09. The van der Waals surface area contributed by atoms with Gasteiger partial charge in [0.1, 0.15) is 0 Å². The van der Waals surface area contributed by atoms with E-state index in [9.17, 15) is 0 Å². The molecule has 13 heavy (non-hydrogen) atoms. The summed E-state index contributed by atoms with van der Waals surface area (Å²) in [5.41, 5.74) is 2.33. The van der Waals surface area contributed by atoms with E-state index in [1.807, 2.05) is 6.20 Å². The SMILES string of the molecule is C=C(C)C(Cc1cnc[nH]1)N(C)C. The molecule has 1 aromatic heterocycles. The number of imidazole rings is 1. The molecule has 0 aliphatic heterocycles. The summed E-state index contributed by atoms with van der Waals surface area (Å²) >= 11 is 0. The third-order valence-electron chi connectivity index (χ3n) is 2.16. The molecule has 0 radical (unpaired) electrons. The van der Waals surface area contributed by atoms with E-state index in [0.717, 1.165) is 12.1 Å². The average Bonchev–Trinajstić information content (AvgIpc) is 2.50. The molecule has 0 aliphatic carbocycles. The van der Waals surface area contributed by atoms with Gasteiger partial charge in [-0.25, -0.2) is 4.98 Å². The van der Waals surface area contributed by atoms with Crippen LogP contribution in [0.4, 0.5) is 0 Å². The molecule has 1 heterocycles. The molecule has 72 valence electrons. The van der Waals surface area contributed by atoms with Gasteiger partial charge in [-0.2, -0.15) is 0 Å². The number of hydrogen-bond donors (Lipinski definition) is 1. The quantitative estimate of drug-likeness (QED) is 0.710. The fourth-order valence-electron chi connectivity index (χ4n) is 1.40. The first-order valence-electron chi connectivity index (χ1n) is 4.40. The standard InChI is InChI=1S/C10H17N3/c1-8(2)10(13(3)4)5-9-6-11-7-12-9/h6-7,10H,1,5H2,2-4H3,(H,11,12). The molecule has 1 unspecified atom stereocenters. The number of nitrogens with one attached hydrogen (secondary N) is 1. The smallest absolute Gasteiger partial charge is 0.0921 e. The summed E-state index contributed by atoms with van der Waals surface area (Å²) in [6, 6.07) is 0.389. The Bertz CT molecular complexity index is 262. The second-order valence-electron chi connectivity index (χ2n) is 3.61. The number of likely N-dealkylation sites (N-methyl/N-ethyl adjacent to an activating group) is 1. The van der Waals surface area contributed by atoms with Gasteiger partial charge >= 0.3 is 0 Å². The predicted octanol–water partition coefficient (Wildman–Crippen LogP) is 1.46. The van der Waals surface area contributed by atoms with Crippen molar-refractivity contribution in [2.75, 3.05) is 14.1 Å². The van der Waals surface area contributed by atoms with Crippen molar-refractivity contribution in [3.8, 4) is 0 Å². The molecule has 0 bridgehead atoms. The molecule has 1 rings (SSSR count). The molecular weight excluding hydrogens is 162 g/mol. The van der Waals surface area contributed by atoms with Crippen LogP contribution in [0.15, 0.2) is 24.7 Å². The van der Waals surface area contributed by atoms with Crippen LogP contribution in [0.3, 0.4) is 0 Å². The van der Waals surface area contributed by atoms with E-state index < -0.39 is 0 Å². The molecule has 1 atom stereocenters. The van der Waals surface area contributed by atoms with Crippen molar-refractivity contribution >= 4 is 0 Å². The molecule has 0 spiro atoms. The van der Waals surface area contributed by atoms with Crippen LogP contribution >= 0.6 is 0 Å². The number of aromatic amines is 1. The number of aromatic nitrogens is 2. The first-order valence-corrected chi connectivity index (χ1v) is 4.40. The van der Waals surface area contributed by atoms with E-state index in [2.05, 4.69) is 42.5 Å². The first kappa shape index (κ1) is 9.99. The second-order valence-corrected chi connectivity index (χ2v) is 3.61. The fraction of sp³-hybridized carbons (Fsp3) is 0.500. The van der Waals surface area contributed by atoms with Gasteiger partial charge in [0.15, 0.2) is 0 Å². The Morgan fingerprint density at radius 2 is 2.38 bits per heavy atom. The Morgan fingerprint density at radius 3 is 2.77 bits per heavy atom. The van der Waals surface area contributed by atoms with E-state index in [1.54, 1.807) is 6.33 Å². The fourth-order valence-corrected chi connectivity index (χ4v) is 1.40. The minimum Gasteiger partial charge on any atom is -0.348 e. The molecule has 0 saturated carbocycles. The topological polar surface area (TPSA) is 31.9 Å². The molecule has 1 aromatic rings. The lowest BCUT2D eigenvalue weighted by Crippen LogP contribution is -2.30. The van der Waals surface area contributed by atoms with Gasteiger partial charge in [-0.15, -0.1) is 0 Å². The van der Waals surface area contributed by atoms with Crippen LogP contribution in [-0.2, 0) is 6.42 Å². The van der Waals surface area contributed by atoms with Gasteiger partial charge in [0.05, 0.1) is 6.33 Å².